The van der Waals surface area contributed by atoms with Crippen LogP contribution in [0.5, 0.6) is 0 Å². The molecule has 2 aromatic rings. The summed E-state index contributed by atoms with van der Waals surface area (Å²) in [6.07, 6.45) is 0. The molecule has 0 aliphatic rings. The third kappa shape index (κ3) is 3.00. The van der Waals surface area contributed by atoms with Crippen LogP contribution >= 0.6 is 23.2 Å². The van der Waals surface area contributed by atoms with Crippen LogP contribution in [0.1, 0.15) is 23.9 Å². The van der Waals surface area contributed by atoms with Gasteiger partial charge in [0.2, 0.25) is 0 Å². The van der Waals surface area contributed by atoms with Crippen molar-refractivity contribution in [1.29, 1.82) is 0 Å². The van der Waals surface area contributed by atoms with Gasteiger partial charge in [-0.05, 0) is 19.4 Å². The predicted molar refractivity (Wildman–Crippen MR) is 84.3 cm³/mol. The highest BCUT2D eigenvalue weighted by Crippen LogP contribution is 2.25. The van der Waals surface area contributed by atoms with Crippen molar-refractivity contribution in [1.82, 2.24) is 15.1 Å². The normalized spacial score (nSPS) is 14.2. The van der Waals surface area contributed by atoms with E-state index >= 15 is 0 Å². The van der Waals surface area contributed by atoms with Crippen molar-refractivity contribution in [2.75, 3.05) is 5.88 Å². The summed E-state index contributed by atoms with van der Waals surface area (Å²) in [6, 6.07) is 10.2. The number of hydrogen-bond donors (Lipinski definition) is 1. The summed E-state index contributed by atoms with van der Waals surface area (Å²) < 4.78 is 1.81. The standard InChI is InChI=1S/C15H19Cl2N3/c1-11-14(17)13(20(3)19-11)9-18-15(2,10-16)12-7-5-4-6-8-12/h4-8,18H,9-10H2,1-3H3. The van der Waals surface area contributed by atoms with Crippen molar-refractivity contribution in [3.8, 4) is 0 Å². The van der Waals surface area contributed by atoms with Gasteiger partial charge in [0.15, 0.2) is 0 Å². The largest absolute Gasteiger partial charge is 0.301 e. The third-order valence-corrected chi connectivity index (χ3v) is 4.61. The van der Waals surface area contributed by atoms with Gasteiger partial charge in [-0.3, -0.25) is 4.68 Å². The molecule has 1 aromatic heterocycles. The van der Waals surface area contributed by atoms with Crippen molar-refractivity contribution in [2.45, 2.75) is 25.9 Å². The second-order valence-electron chi connectivity index (χ2n) is 5.16. The minimum atomic E-state index is -0.301. The summed E-state index contributed by atoms with van der Waals surface area (Å²) in [6.45, 7) is 4.62. The van der Waals surface area contributed by atoms with Crippen LogP contribution in [-0.2, 0) is 19.1 Å². The van der Waals surface area contributed by atoms with Crippen molar-refractivity contribution in [3.63, 3.8) is 0 Å². The van der Waals surface area contributed by atoms with Gasteiger partial charge in [0.1, 0.15) is 0 Å². The Hall–Kier alpha value is -1.03. The Morgan fingerprint density at radius 1 is 1.30 bits per heavy atom. The molecule has 108 valence electrons. The summed E-state index contributed by atoms with van der Waals surface area (Å²) in [5.74, 6) is 0.478. The molecule has 0 aliphatic heterocycles. The summed E-state index contributed by atoms with van der Waals surface area (Å²) in [5, 5.41) is 8.53. The second-order valence-corrected chi connectivity index (χ2v) is 5.80. The molecular formula is C15H19Cl2N3. The summed E-state index contributed by atoms with van der Waals surface area (Å²) in [5.41, 5.74) is 2.67. The van der Waals surface area contributed by atoms with Gasteiger partial charge in [0, 0.05) is 19.5 Å². The van der Waals surface area contributed by atoms with E-state index in [1.165, 1.54) is 0 Å². The fourth-order valence-corrected chi connectivity index (χ4v) is 2.66. The quantitative estimate of drug-likeness (QED) is 0.855. The first kappa shape index (κ1) is 15.4. The molecular weight excluding hydrogens is 293 g/mol. The molecule has 1 N–H and O–H groups in total. The molecule has 5 heteroatoms. The molecule has 3 nitrogen and oxygen atoms in total. The maximum atomic E-state index is 6.28. The smallest absolute Gasteiger partial charge is 0.0860 e. The lowest BCUT2D eigenvalue weighted by Crippen LogP contribution is -2.41. The third-order valence-electron chi connectivity index (χ3n) is 3.59. The van der Waals surface area contributed by atoms with E-state index in [4.69, 9.17) is 23.2 Å². The molecule has 0 amide bonds. The fourth-order valence-electron chi connectivity index (χ4n) is 2.18. The number of nitrogens with one attached hydrogen (secondary N) is 1. The van der Waals surface area contributed by atoms with E-state index in [0.29, 0.717) is 17.4 Å². The van der Waals surface area contributed by atoms with Gasteiger partial charge >= 0.3 is 0 Å². The number of rotatable bonds is 5. The van der Waals surface area contributed by atoms with Gasteiger partial charge in [-0.25, -0.2) is 0 Å². The molecule has 2 rings (SSSR count). The van der Waals surface area contributed by atoms with Crippen LogP contribution in [-0.4, -0.2) is 15.7 Å². The lowest BCUT2D eigenvalue weighted by Gasteiger charge is -2.29. The first-order valence-corrected chi connectivity index (χ1v) is 7.43. The Balaban J connectivity index is 2.19. The zero-order valence-electron chi connectivity index (χ0n) is 12.0. The van der Waals surface area contributed by atoms with Crippen LogP contribution in [0, 0.1) is 6.92 Å². The van der Waals surface area contributed by atoms with Crippen LogP contribution in [0.3, 0.4) is 0 Å². The maximum absolute atomic E-state index is 6.28. The number of aromatic nitrogens is 2. The van der Waals surface area contributed by atoms with E-state index in [9.17, 15) is 0 Å². The minimum absolute atomic E-state index is 0.301. The molecule has 20 heavy (non-hydrogen) atoms. The van der Waals surface area contributed by atoms with E-state index < -0.39 is 0 Å². The molecule has 0 bridgehead atoms. The number of hydrogen-bond acceptors (Lipinski definition) is 2. The minimum Gasteiger partial charge on any atom is -0.301 e. The topological polar surface area (TPSA) is 29.9 Å². The van der Waals surface area contributed by atoms with Gasteiger partial charge in [-0.15, -0.1) is 11.6 Å². The van der Waals surface area contributed by atoms with Gasteiger partial charge in [-0.1, -0.05) is 41.9 Å². The summed E-state index contributed by atoms with van der Waals surface area (Å²) >= 11 is 12.5. The first-order chi connectivity index (χ1) is 9.48. The Morgan fingerprint density at radius 3 is 2.45 bits per heavy atom. The predicted octanol–water partition coefficient (Wildman–Crippen LogP) is 3.63. The van der Waals surface area contributed by atoms with E-state index in [-0.39, 0.29) is 5.54 Å². The lowest BCUT2D eigenvalue weighted by atomic mass is 9.94. The fraction of sp³-hybridized carbons (Fsp3) is 0.400. The number of benzene rings is 1. The molecule has 1 atom stereocenters. The average Bonchev–Trinajstić information content (AvgIpc) is 2.71. The van der Waals surface area contributed by atoms with Crippen molar-refractivity contribution in [3.05, 3.63) is 52.3 Å². The van der Waals surface area contributed by atoms with Gasteiger partial charge < -0.3 is 5.32 Å². The van der Waals surface area contributed by atoms with Crippen LogP contribution in [0.15, 0.2) is 30.3 Å². The Labute approximate surface area is 129 Å². The molecule has 1 aromatic carbocycles. The van der Waals surface area contributed by atoms with E-state index in [2.05, 4.69) is 29.5 Å². The van der Waals surface area contributed by atoms with Crippen molar-refractivity contribution < 1.29 is 0 Å². The van der Waals surface area contributed by atoms with E-state index in [1.54, 1.807) is 0 Å². The second kappa shape index (κ2) is 6.17. The molecule has 1 unspecified atom stereocenters. The lowest BCUT2D eigenvalue weighted by molar-refractivity contribution is 0.399. The monoisotopic (exact) mass is 311 g/mol. The highest BCUT2D eigenvalue weighted by Gasteiger charge is 2.25. The van der Waals surface area contributed by atoms with Crippen molar-refractivity contribution in [2.24, 2.45) is 7.05 Å². The Morgan fingerprint density at radius 2 is 1.95 bits per heavy atom. The molecule has 0 saturated heterocycles. The highest BCUT2D eigenvalue weighted by molar-refractivity contribution is 6.31. The van der Waals surface area contributed by atoms with Gasteiger partial charge in [0.05, 0.1) is 21.9 Å². The number of aryl methyl sites for hydroxylation is 2. The van der Waals surface area contributed by atoms with Gasteiger partial charge in [0.25, 0.3) is 0 Å². The number of halogens is 2. The van der Waals surface area contributed by atoms with Gasteiger partial charge in [-0.2, -0.15) is 5.10 Å². The SMILES string of the molecule is Cc1nn(C)c(CNC(C)(CCl)c2ccccc2)c1Cl. The van der Waals surface area contributed by atoms with Crippen LogP contribution in [0.4, 0.5) is 0 Å². The molecule has 0 fully saturated rings. The van der Waals surface area contributed by atoms with Crippen LogP contribution in [0.2, 0.25) is 5.02 Å². The Kier molecular flexibility index (Phi) is 4.74. The number of alkyl halides is 1. The molecule has 0 spiro atoms. The Bertz CT molecular complexity index is 580. The van der Waals surface area contributed by atoms with Crippen LogP contribution < -0.4 is 5.32 Å². The highest BCUT2D eigenvalue weighted by atomic mass is 35.5. The van der Waals surface area contributed by atoms with Crippen LogP contribution in [0.25, 0.3) is 0 Å². The zero-order valence-corrected chi connectivity index (χ0v) is 13.5. The van der Waals surface area contributed by atoms with Crippen molar-refractivity contribution >= 4 is 23.2 Å². The average molecular weight is 312 g/mol. The number of nitrogens with zero attached hydrogens (tertiary/aromatic N) is 2. The summed E-state index contributed by atoms with van der Waals surface area (Å²) in [7, 11) is 1.90. The maximum Gasteiger partial charge on any atom is 0.0860 e. The zero-order chi connectivity index (χ0) is 14.8. The van der Waals surface area contributed by atoms with E-state index in [1.807, 2.05) is 36.9 Å². The molecule has 0 aliphatic carbocycles. The summed E-state index contributed by atoms with van der Waals surface area (Å²) in [4.78, 5) is 0. The molecule has 0 saturated carbocycles. The van der Waals surface area contributed by atoms with E-state index in [0.717, 1.165) is 17.0 Å². The molecule has 1 heterocycles. The first-order valence-electron chi connectivity index (χ1n) is 6.52. The molecule has 0 radical (unpaired) electrons.